The van der Waals surface area contributed by atoms with Crippen LogP contribution in [0.3, 0.4) is 0 Å². The minimum Gasteiger partial charge on any atom is -0.494 e. The topological polar surface area (TPSA) is 129 Å². The fourth-order valence-electron chi connectivity index (χ4n) is 3.81. The molecule has 0 bridgehead atoms. The number of nitrogens with one attached hydrogen (secondary N) is 2. The molecule has 0 saturated heterocycles. The molecule has 1 aromatic heterocycles. The van der Waals surface area contributed by atoms with Gasteiger partial charge in [-0.05, 0) is 30.2 Å². The van der Waals surface area contributed by atoms with Crippen molar-refractivity contribution in [1.82, 2.24) is 9.88 Å². The van der Waals surface area contributed by atoms with Gasteiger partial charge in [-0.15, -0.1) is 0 Å². The lowest BCUT2D eigenvalue weighted by Gasteiger charge is -2.13. The molecule has 0 radical (unpaired) electrons. The van der Waals surface area contributed by atoms with Crippen LogP contribution < -0.4 is 10.1 Å². The number of fused-ring (bicyclic) bond motifs is 2. The first kappa shape index (κ1) is 21.1. The van der Waals surface area contributed by atoms with Crippen molar-refractivity contribution in [3.8, 4) is 5.75 Å². The number of H-pyrrole nitrogens is 1. The van der Waals surface area contributed by atoms with Gasteiger partial charge >= 0.3 is 5.97 Å². The maximum absolute atomic E-state index is 12.6. The number of aromatic nitrogens is 1. The average molecular weight is 435 g/mol. The predicted molar refractivity (Wildman–Crippen MR) is 116 cm³/mol. The van der Waals surface area contributed by atoms with Gasteiger partial charge < -0.3 is 20.1 Å². The first-order valence-corrected chi connectivity index (χ1v) is 10.0. The quantitative estimate of drug-likeness (QED) is 0.467. The van der Waals surface area contributed by atoms with Crippen LogP contribution in [-0.4, -0.2) is 52.3 Å². The number of imide groups is 1. The number of rotatable bonds is 8. The van der Waals surface area contributed by atoms with E-state index in [-0.39, 0.29) is 31.2 Å². The van der Waals surface area contributed by atoms with Crippen molar-refractivity contribution in [2.45, 2.75) is 19.3 Å². The summed E-state index contributed by atoms with van der Waals surface area (Å²) >= 11 is 0. The zero-order chi connectivity index (χ0) is 22.8. The van der Waals surface area contributed by atoms with Gasteiger partial charge in [0.1, 0.15) is 5.75 Å². The van der Waals surface area contributed by atoms with Crippen LogP contribution >= 0.6 is 0 Å². The summed E-state index contributed by atoms with van der Waals surface area (Å²) in [5, 5.41) is 12.2. The van der Waals surface area contributed by atoms with E-state index in [1.807, 2.05) is 0 Å². The van der Waals surface area contributed by atoms with Crippen LogP contribution in [0.2, 0.25) is 0 Å². The van der Waals surface area contributed by atoms with Crippen molar-refractivity contribution in [2.75, 3.05) is 19.0 Å². The van der Waals surface area contributed by atoms with Crippen LogP contribution in [0.25, 0.3) is 10.9 Å². The molecule has 0 saturated carbocycles. The monoisotopic (exact) mass is 435 g/mol. The number of aliphatic carboxylic acids is 1. The molecule has 9 heteroatoms. The zero-order valence-electron chi connectivity index (χ0n) is 17.3. The fraction of sp³-hybridized carbons (Fsp3) is 0.217. The summed E-state index contributed by atoms with van der Waals surface area (Å²) in [4.78, 5) is 52.3. The summed E-state index contributed by atoms with van der Waals surface area (Å²) in [5.74, 6) is -1.59. The highest BCUT2D eigenvalue weighted by Gasteiger charge is 2.34. The van der Waals surface area contributed by atoms with Crippen LogP contribution in [0.4, 0.5) is 5.69 Å². The summed E-state index contributed by atoms with van der Waals surface area (Å²) in [6.45, 7) is 0.205. The molecule has 0 fully saturated rings. The van der Waals surface area contributed by atoms with E-state index in [0.29, 0.717) is 34.5 Å². The zero-order valence-corrected chi connectivity index (χ0v) is 17.3. The van der Waals surface area contributed by atoms with Crippen LogP contribution in [-0.2, 0) is 16.0 Å². The molecule has 3 N–H and O–H groups in total. The van der Waals surface area contributed by atoms with Gasteiger partial charge in [0.2, 0.25) is 5.91 Å². The molecule has 0 spiro atoms. The molecular weight excluding hydrogens is 414 g/mol. The number of ether oxygens (including phenoxy) is 1. The maximum Gasteiger partial charge on any atom is 0.303 e. The van der Waals surface area contributed by atoms with Gasteiger partial charge in [-0.2, -0.15) is 0 Å². The SMILES string of the molecule is COc1cc(NC(=O)CCC(=O)O)cc2c(CCN3C(=O)c4ccccc4C3=O)c[nH]c12. The third-order valence-corrected chi connectivity index (χ3v) is 5.39. The average Bonchev–Trinajstić information content (AvgIpc) is 3.29. The fourth-order valence-corrected chi connectivity index (χ4v) is 3.81. The van der Waals surface area contributed by atoms with E-state index in [1.54, 1.807) is 42.6 Å². The van der Waals surface area contributed by atoms with Crippen molar-refractivity contribution < 1.29 is 29.0 Å². The largest absolute Gasteiger partial charge is 0.494 e. The molecule has 2 aromatic carbocycles. The lowest BCUT2D eigenvalue weighted by atomic mass is 10.1. The number of benzene rings is 2. The number of carboxylic acid groups (broad SMARTS) is 1. The first-order valence-electron chi connectivity index (χ1n) is 10.0. The van der Waals surface area contributed by atoms with Gasteiger partial charge in [0, 0.05) is 36.3 Å². The lowest BCUT2D eigenvalue weighted by molar-refractivity contribution is -0.138. The second-order valence-electron chi connectivity index (χ2n) is 7.41. The van der Waals surface area contributed by atoms with E-state index in [1.165, 1.54) is 12.0 Å². The molecule has 1 aliphatic rings. The standard InChI is InChI=1S/C23H21N3O6/c1-32-18-11-14(25-19(27)6-7-20(28)29)10-17-13(12-24-21(17)18)8-9-26-22(30)15-4-2-3-5-16(15)23(26)31/h2-5,10-12,24H,6-9H2,1H3,(H,25,27)(H,28,29). The Bertz CT molecular complexity index is 1210. The number of aromatic amines is 1. The van der Waals surface area contributed by atoms with E-state index in [0.717, 1.165) is 10.9 Å². The van der Waals surface area contributed by atoms with Crippen LogP contribution in [0, 0.1) is 0 Å². The Morgan fingerprint density at radius 2 is 1.78 bits per heavy atom. The molecule has 9 nitrogen and oxygen atoms in total. The Hall–Kier alpha value is -4.14. The highest BCUT2D eigenvalue weighted by Crippen LogP contribution is 2.32. The number of methoxy groups -OCH3 is 1. The summed E-state index contributed by atoms with van der Waals surface area (Å²) in [5.41, 5.74) is 2.84. The van der Waals surface area contributed by atoms with Gasteiger partial charge in [0.25, 0.3) is 11.8 Å². The molecule has 3 aromatic rings. The van der Waals surface area contributed by atoms with E-state index < -0.39 is 11.9 Å². The van der Waals surface area contributed by atoms with Gasteiger partial charge in [-0.1, -0.05) is 12.1 Å². The number of anilines is 1. The number of carbonyl (C=O) groups is 4. The highest BCUT2D eigenvalue weighted by molar-refractivity contribution is 6.21. The van der Waals surface area contributed by atoms with E-state index >= 15 is 0 Å². The second-order valence-corrected chi connectivity index (χ2v) is 7.41. The normalized spacial score (nSPS) is 12.8. The first-order chi connectivity index (χ1) is 15.4. The van der Waals surface area contributed by atoms with Gasteiger partial charge in [-0.3, -0.25) is 24.1 Å². The lowest BCUT2D eigenvalue weighted by Crippen LogP contribution is -2.31. The summed E-state index contributed by atoms with van der Waals surface area (Å²) in [7, 11) is 1.50. The summed E-state index contributed by atoms with van der Waals surface area (Å²) in [6, 6.07) is 10.1. The third-order valence-electron chi connectivity index (χ3n) is 5.39. The van der Waals surface area contributed by atoms with Crippen molar-refractivity contribution in [3.05, 3.63) is 59.3 Å². The van der Waals surface area contributed by atoms with E-state index in [4.69, 9.17) is 9.84 Å². The Balaban J connectivity index is 1.55. The van der Waals surface area contributed by atoms with E-state index in [9.17, 15) is 19.2 Å². The number of hydrogen-bond donors (Lipinski definition) is 3. The Morgan fingerprint density at radius 1 is 1.09 bits per heavy atom. The third kappa shape index (κ3) is 3.92. The molecule has 3 amide bonds. The molecule has 2 heterocycles. The number of nitrogens with zero attached hydrogens (tertiary/aromatic N) is 1. The predicted octanol–water partition coefficient (Wildman–Crippen LogP) is 2.82. The van der Waals surface area contributed by atoms with Gasteiger partial charge in [-0.25, -0.2) is 0 Å². The maximum atomic E-state index is 12.6. The number of carboxylic acids is 1. The Kier molecular flexibility index (Phi) is 5.63. The molecule has 4 rings (SSSR count). The van der Waals surface area contributed by atoms with Crippen molar-refractivity contribution in [1.29, 1.82) is 0 Å². The molecular formula is C23H21N3O6. The Morgan fingerprint density at radius 3 is 2.41 bits per heavy atom. The smallest absolute Gasteiger partial charge is 0.303 e. The number of carbonyl (C=O) groups excluding carboxylic acids is 3. The molecule has 32 heavy (non-hydrogen) atoms. The minimum atomic E-state index is -1.05. The summed E-state index contributed by atoms with van der Waals surface area (Å²) in [6.07, 6.45) is 1.78. The van der Waals surface area contributed by atoms with Crippen molar-refractivity contribution >= 4 is 40.3 Å². The molecule has 0 aliphatic carbocycles. The molecule has 0 atom stereocenters. The van der Waals surface area contributed by atoms with Crippen molar-refractivity contribution in [2.24, 2.45) is 0 Å². The van der Waals surface area contributed by atoms with E-state index in [2.05, 4.69) is 10.3 Å². The van der Waals surface area contributed by atoms with Gasteiger partial charge in [0.05, 0.1) is 30.2 Å². The minimum absolute atomic E-state index is 0.143. The van der Waals surface area contributed by atoms with Crippen LogP contribution in [0.1, 0.15) is 39.1 Å². The molecule has 164 valence electrons. The van der Waals surface area contributed by atoms with Crippen molar-refractivity contribution in [3.63, 3.8) is 0 Å². The van der Waals surface area contributed by atoms with Crippen LogP contribution in [0.5, 0.6) is 5.75 Å². The number of hydrogen-bond acceptors (Lipinski definition) is 5. The second kappa shape index (κ2) is 8.54. The highest BCUT2D eigenvalue weighted by atomic mass is 16.5. The van der Waals surface area contributed by atoms with Crippen LogP contribution in [0.15, 0.2) is 42.6 Å². The molecule has 0 unspecified atom stereocenters. The summed E-state index contributed by atoms with van der Waals surface area (Å²) < 4.78 is 5.42. The van der Waals surface area contributed by atoms with Gasteiger partial charge in [0.15, 0.2) is 0 Å². The Labute approximate surface area is 183 Å². The molecule has 1 aliphatic heterocycles. The number of amides is 3.